The van der Waals surface area contributed by atoms with E-state index in [0.29, 0.717) is 6.04 Å². The highest BCUT2D eigenvalue weighted by molar-refractivity contribution is 5.24. The van der Waals surface area contributed by atoms with Crippen LogP contribution < -0.4 is 5.32 Å². The highest BCUT2D eigenvalue weighted by atomic mass is 15.2. The molecule has 0 saturated heterocycles. The Morgan fingerprint density at radius 2 is 1.62 bits per heavy atom. The maximum atomic E-state index is 3.78. The van der Waals surface area contributed by atoms with Gasteiger partial charge in [0, 0.05) is 11.6 Å². The summed E-state index contributed by atoms with van der Waals surface area (Å²) in [5.74, 6) is 0. The normalized spacial score (nSPS) is 16.0. The number of nitrogens with one attached hydrogen (secondary N) is 1. The predicted octanol–water partition coefficient (Wildman–Crippen LogP) is 3.89. The molecule has 0 fully saturated rings. The first-order chi connectivity index (χ1) is 9.97. The van der Waals surface area contributed by atoms with Gasteiger partial charge in [-0.1, -0.05) is 45.0 Å². The molecule has 0 aromatic heterocycles. The largest absolute Gasteiger partial charge is 0.312 e. The van der Waals surface area contributed by atoms with Gasteiger partial charge in [0.2, 0.25) is 0 Å². The Bertz CT molecular complexity index is 397. The highest BCUT2D eigenvalue weighted by Crippen LogP contribution is 2.24. The van der Waals surface area contributed by atoms with Gasteiger partial charge in [-0.25, -0.2) is 0 Å². The average Bonchev–Trinajstić information content (AvgIpc) is 2.50. The molecule has 2 unspecified atom stereocenters. The third-order valence-electron chi connectivity index (χ3n) is 5.00. The van der Waals surface area contributed by atoms with Crippen molar-refractivity contribution in [3.05, 3.63) is 35.4 Å². The van der Waals surface area contributed by atoms with Crippen LogP contribution in [0.1, 0.15) is 51.7 Å². The molecule has 1 aromatic rings. The van der Waals surface area contributed by atoms with Crippen molar-refractivity contribution in [1.82, 2.24) is 10.2 Å². The van der Waals surface area contributed by atoms with E-state index in [1.165, 1.54) is 17.5 Å². The lowest BCUT2D eigenvalue weighted by Crippen LogP contribution is -2.57. The Morgan fingerprint density at radius 1 is 1.05 bits per heavy atom. The van der Waals surface area contributed by atoms with E-state index in [1.54, 1.807) is 0 Å². The molecule has 2 nitrogen and oxygen atoms in total. The Kier molecular flexibility index (Phi) is 7.41. The third-order valence-corrected chi connectivity index (χ3v) is 5.00. The zero-order valence-electron chi connectivity index (χ0n) is 14.9. The lowest BCUT2D eigenvalue weighted by molar-refractivity contribution is 0.112. The molecule has 0 radical (unpaired) electrons. The van der Waals surface area contributed by atoms with Crippen LogP contribution in [-0.4, -0.2) is 37.1 Å². The van der Waals surface area contributed by atoms with Crippen LogP contribution in [0.3, 0.4) is 0 Å². The molecule has 0 aliphatic heterocycles. The summed E-state index contributed by atoms with van der Waals surface area (Å²) in [4.78, 5) is 2.38. The van der Waals surface area contributed by atoms with Gasteiger partial charge in [-0.05, 0) is 64.4 Å². The number of rotatable bonds is 9. The topological polar surface area (TPSA) is 15.3 Å². The Hall–Kier alpha value is -0.860. The fourth-order valence-corrected chi connectivity index (χ4v) is 2.85. The van der Waals surface area contributed by atoms with Gasteiger partial charge < -0.3 is 10.2 Å². The van der Waals surface area contributed by atoms with Gasteiger partial charge in [0.05, 0.1) is 0 Å². The summed E-state index contributed by atoms with van der Waals surface area (Å²) in [5.41, 5.74) is 3.03. The summed E-state index contributed by atoms with van der Waals surface area (Å²) in [6.45, 7) is 10.2. The molecule has 0 spiro atoms. The van der Waals surface area contributed by atoms with Gasteiger partial charge in [-0.15, -0.1) is 0 Å². The molecule has 120 valence electrons. The molecule has 1 aromatic carbocycles. The zero-order chi connectivity index (χ0) is 15.9. The van der Waals surface area contributed by atoms with Crippen LogP contribution in [0.4, 0.5) is 0 Å². The van der Waals surface area contributed by atoms with E-state index in [-0.39, 0.29) is 5.54 Å². The molecular weight excluding hydrogens is 256 g/mol. The standard InChI is InChI=1S/C19H34N2/c1-7-14-20-18(19(4,9-3)21(5)6)15-17-12-10-16(8-2)11-13-17/h10-13,18,20H,7-9,14-15H2,1-6H3. The number of nitrogens with zero attached hydrogens (tertiary/aromatic N) is 1. The van der Waals surface area contributed by atoms with Crippen LogP contribution in [-0.2, 0) is 12.8 Å². The lowest BCUT2D eigenvalue weighted by atomic mass is 9.84. The molecule has 0 aliphatic rings. The first-order valence-corrected chi connectivity index (χ1v) is 8.46. The first-order valence-electron chi connectivity index (χ1n) is 8.46. The van der Waals surface area contributed by atoms with Crippen LogP contribution >= 0.6 is 0 Å². The van der Waals surface area contributed by atoms with Crippen LogP contribution in [0.25, 0.3) is 0 Å². The van der Waals surface area contributed by atoms with Crippen molar-refractivity contribution >= 4 is 0 Å². The Morgan fingerprint density at radius 3 is 2.05 bits per heavy atom. The molecule has 0 saturated carbocycles. The first kappa shape index (κ1) is 18.2. The van der Waals surface area contributed by atoms with Crippen LogP contribution in [0.2, 0.25) is 0 Å². The summed E-state index contributed by atoms with van der Waals surface area (Å²) < 4.78 is 0. The summed E-state index contributed by atoms with van der Waals surface area (Å²) in [5, 5.41) is 3.78. The predicted molar refractivity (Wildman–Crippen MR) is 94.0 cm³/mol. The summed E-state index contributed by atoms with van der Waals surface area (Å²) in [6.07, 6.45) is 4.53. The van der Waals surface area contributed by atoms with Gasteiger partial charge in [0.1, 0.15) is 0 Å². The van der Waals surface area contributed by atoms with E-state index in [1.807, 2.05) is 0 Å². The number of likely N-dealkylation sites (N-methyl/N-ethyl adjacent to an activating group) is 1. The number of benzene rings is 1. The maximum Gasteiger partial charge on any atom is 0.0328 e. The molecule has 0 bridgehead atoms. The van der Waals surface area contributed by atoms with E-state index in [9.17, 15) is 0 Å². The fourth-order valence-electron chi connectivity index (χ4n) is 2.85. The van der Waals surface area contributed by atoms with Crippen LogP contribution in [0.15, 0.2) is 24.3 Å². The monoisotopic (exact) mass is 290 g/mol. The van der Waals surface area contributed by atoms with E-state index >= 15 is 0 Å². The highest BCUT2D eigenvalue weighted by Gasteiger charge is 2.34. The second-order valence-electron chi connectivity index (χ2n) is 6.49. The molecule has 1 rings (SSSR count). The van der Waals surface area contributed by atoms with Crippen molar-refractivity contribution in [3.63, 3.8) is 0 Å². The summed E-state index contributed by atoms with van der Waals surface area (Å²) in [6, 6.07) is 9.61. The minimum atomic E-state index is 0.179. The van der Waals surface area contributed by atoms with Crippen molar-refractivity contribution < 1.29 is 0 Å². The minimum Gasteiger partial charge on any atom is -0.312 e. The number of aryl methyl sites for hydroxylation is 1. The fraction of sp³-hybridized carbons (Fsp3) is 0.684. The second-order valence-corrected chi connectivity index (χ2v) is 6.49. The Labute approximate surface area is 131 Å². The zero-order valence-corrected chi connectivity index (χ0v) is 14.9. The van der Waals surface area contributed by atoms with E-state index in [0.717, 1.165) is 25.8 Å². The third kappa shape index (κ3) is 4.82. The molecule has 0 heterocycles. The molecule has 0 amide bonds. The molecule has 0 aliphatic carbocycles. The van der Waals surface area contributed by atoms with Gasteiger partial charge in [-0.2, -0.15) is 0 Å². The quantitative estimate of drug-likeness (QED) is 0.742. The van der Waals surface area contributed by atoms with E-state index in [4.69, 9.17) is 0 Å². The van der Waals surface area contributed by atoms with E-state index < -0.39 is 0 Å². The number of hydrogen-bond donors (Lipinski definition) is 1. The lowest BCUT2D eigenvalue weighted by Gasteiger charge is -2.43. The maximum absolute atomic E-state index is 3.78. The molecule has 21 heavy (non-hydrogen) atoms. The smallest absolute Gasteiger partial charge is 0.0328 e. The minimum absolute atomic E-state index is 0.179. The van der Waals surface area contributed by atoms with Crippen molar-refractivity contribution in [2.45, 2.75) is 65.0 Å². The van der Waals surface area contributed by atoms with Gasteiger partial charge in [-0.3, -0.25) is 0 Å². The summed E-state index contributed by atoms with van der Waals surface area (Å²) in [7, 11) is 4.40. The Balaban J connectivity index is 2.90. The number of hydrogen-bond acceptors (Lipinski definition) is 2. The van der Waals surface area contributed by atoms with Crippen molar-refractivity contribution in [2.24, 2.45) is 0 Å². The van der Waals surface area contributed by atoms with Gasteiger partial charge in [0.15, 0.2) is 0 Å². The summed E-state index contributed by atoms with van der Waals surface area (Å²) >= 11 is 0. The van der Waals surface area contributed by atoms with Gasteiger partial charge >= 0.3 is 0 Å². The molecule has 2 atom stereocenters. The van der Waals surface area contributed by atoms with Gasteiger partial charge in [0.25, 0.3) is 0 Å². The van der Waals surface area contributed by atoms with Crippen molar-refractivity contribution in [3.8, 4) is 0 Å². The van der Waals surface area contributed by atoms with Crippen molar-refractivity contribution in [1.29, 1.82) is 0 Å². The molecule has 1 N–H and O–H groups in total. The van der Waals surface area contributed by atoms with Crippen LogP contribution in [0, 0.1) is 0 Å². The molecular formula is C19H34N2. The van der Waals surface area contributed by atoms with Crippen molar-refractivity contribution in [2.75, 3.05) is 20.6 Å². The average molecular weight is 290 g/mol. The van der Waals surface area contributed by atoms with E-state index in [2.05, 4.69) is 76.3 Å². The SMILES string of the molecule is CCCNC(Cc1ccc(CC)cc1)C(C)(CC)N(C)C. The molecule has 2 heteroatoms. The van der Waals surface area contributed by atoms with Crippen LogP contribution in [0.5, 0.6) is 0 Å². The second kappa shape index (κ2) is 8.55.